The molecule has 0 aromatic heterocycles. The number of rotatable bonds is 6. The summed E-state index contributed by atoms with van der Waals surface area (Å²) in [4.78, 5) is 0. The van der Waals surface area contributed by atoms with E-state index in [0.29, 0.717) is 13.2 Å². The Morgan fingerprint density at radius 1 is 1.32 bits per heavy atom. The van der Waals surface area contributed by atoms with Crippen molar-refractivity contribution >= 4 is 22.4 Å². The number of nitrogens with two attached hydrogens (primary N) is 1. The van der Waals surface area contributed by atoms with Crippen LogP contribution < -0.4 is 10.5 Å². The van der Waals surface area contributed by atoms with Crippen LogP contribution in [-0.4, -0.2) is 26.9 Å². The lowest BCUT2D eigenvalue weighted by molar-refractivity contribution is 0.0304. The van der Waals surface area contributed by atoms with Gasteiger partial charge in [0.15, 0.2) is 0 Å². The Morgan fingerprint density at radius 3 is 2.55 bits per heavy atom. The zero-order valence-electron chi connectivity index (χ0n) is 12.8. The standard InChI is InChI=1S/C15H24N2O3S.ClH/c1-12(16)14-7-5-13(6-8-14)10-17-21(18,19)11-15-4-2-3-9-20-15;/h5-8,12,15,17H,2-4,9-11,16H2,1H3;1H. The van der Waals surface area contributed by atoms with Gasteiger partial charge in [-0.2, -0.15) is 0 Å². The average molecular weight is 349 g/mol. The van der Waals surface area contributed by atoms with Crippen molar-refractivity contribution in [2.24, 2.45) is 5.73 Å². The zero-order valence-corrected chi connectivity index (χ0v) is 14.5. The summed E-state index contributed by atoms with van der Waals surface area (Å²) in [6.45, 7) is 2.88. The molecule has 1 saturated heterocycles. The summed E-state index contributed by atoms with van der Waals surface area (Å²) in [5, 5.41) is 0. The number of sulfonamides is 1. The van der Waals surface area contributed by atoms with Crippen LogP contribution in [0.2, 0.25) is 0 Å². The van der Waals surface area contributed by atoms with Crippen molar-refractivity contribution in [3.8, 4) is 0 Å². The Kier molecular flexibility index (Phi) is 7.79. The van der Waals surface area contributed by atoms with Crippen LogP contribution in [0.25, 0.3) is 0 Å². The molecule has 7 heteroatoms. The molecule has 2 unspecified atom stereocenters. The van der Waals surface area contributed by atoms with Crippen LogP contribution >= 0.6 is 12.4 Å². The largest absolute Gasteiger partial charge is 0.377 e. The van der Waals surface area contributed by atoms with Crippen molar-refractivity contribution in [1.29, 1.82) is 0 Å². The van der Waals surface area contributed by atoms with Crippen molar-refractivity contribution in [2.75, 3.05) is 12.4 Å². The van der Waals surface area contributed by atoms with Crippen LogP contribution in [0, 0.1) is 0 Å². The molecule has 1 aliphatic heterocycles. The van der Waals surface area contributed by atoms with Crippen LogP contribution in [0.4, 0.5) is 0 Å². The van der Waals surface area contributed by atoms with E-state index in [9.17, 15) is 8.42 Å². The van der Waals surface area contributed by atoms with Crippen LogP contribution in [0.3, 0.4) is 0 Å². The molecular weight excluding hydrogens is 324 g/mol. The summed E-state index contributed by atoms with van der Waals surface area (Å²) in [6.07, 6.45) is 2.72. The second-order valence-corrected chi connectivity index (χ2v) is 7.47. The van der Waals surface area contributed by atoms with Gasteiger partial charge in [-0.3, -0.25) is 0 Å². The summed E-state index contributed by atoms with van der Waals surface area (Å²) in [5.41, 5.74) is 7.75. The van der Waals surface area contributed by atoms with Gasteiger partial charge < -0.3 is 10.5 Å². The first-order valence-corrected chi connectivity index (χ1v) is 9.05. The quantitative estimate of drug-likeness (QED) is 0.825. The maximum absolute atomic E-state index is 12.0. The molecule has 2 atom stereocenters. The third-order valence-electron chi connectivity index (χ3n) is 3.68. The van der Waals surface area contributed by atoms with Gasteiger partial charge in [0, 0.05) is 19.2 Å². The number of nitrogens with one attached hydrogen (secondary N) is 1. The number of halogens is 1. The van der Waals surface area contributed by atoms with Crippen molar-refractivity contribution in [3.05, 3.63) is 35.4 Å². The van der Waals surface area contributed by atoms with Gasteiger partial charge >= 0.3 is 0 Å². The number of benzene rings is 1. The molecule has 1 aliphatic rings. The predicted octanol–water partition coefficient (Wildman–Crippen LogP) is 2.12. The minimum absolute atomic E-state index is 0. The highest BCUT2D eigenvalue weighted by molar-refractivity contribution is 7.89. The van der Waals surface area contributed by atoms with Gasteiger partial charge in [0.05, 0.1) is 11.9 Å². The second kappa shape index (κ2) is 8.84. The Balaban J connectivity index is 0.00000242. The van der Waals surface area contributed by atoms with Gasteiger partial charge in [0.2, 0.25) is 10.0 Å². The second-order valence-electron chi connectivity index (χ2n) is 5.62. The van der Waals surface area contributed by atoms with Gasteiger partial charge in [0.1, 0.15) is 0 Å². The van der Waals surface area contributed by atoms with E-state index in [1.165, 1.54) is 0 Å². The maximum atomic E-state index is 12.0. The van der Waals surface area contributed by atoms with Crippen molar-refractivity contribution in [2.45, 2.75) is 44.9 Å². The van der Waals surface area contributed by atoms with E-state index in [2.05, 4.69) is 4.72 Å². The molecule has 0 radical (unpaired) electrons. The minimum atomic E-state index is -3.31. The topological polar surface area (TPSA) is 81.4 Å². The van der Waals surface area contributed by atoms with E-state index in [1.807, 2.05) is 31.2 Å². The lowest BCUT2D eigenvalue weighted by atomic mass is 10.1. The normalized spacial score (nSPS) is 20.2. The third kappa shape index (κ3) is 6.22. The fraction of sp³-hybridized carbons (Fsp3) is 0.600. The third-order valence-corrected chi connectivity index (χ3v) is 5.08. The lowest BCUT2D eigenvalue weighted by Crippen LogP contribution is -2.34. The maximum Gasteiger partial charge on any atom is 0.214 e. The van der Waals surface area contributed by atoms with E-state index in [1.54, 1.807) is 0 Å². The summed E-state index contributed by atoms with van der Waals surface area (Å²) < 4.78 is 32.2. The highest BCUT2D eigenvalue weighted by atomic mass is 35.5. The van der Waals surface area contributed by atoms with Gasteiger partial charge in [-0.15, -0.1) is 12.4 Å². The highest BCUT2D eigenvalue weighted by Crippen LogP contribution is 2.15. The number of hydrogen-bond acceptors (Lipinski definition) is 4. The first-order valence-electron chi connectivity index (χ1n) is 7.39. The molecule has 126 valence electrons. The first-order chi connectivity index (χ1) is 9.96. The molecule has 0 saturated carbocycles. The zero-order chi connectivity index (χ0) is 15.3. The SMILES string of the molecule is CC(N)c1ccc(CNS(=O)(=O)CC2CCCCO2)cc1.Cl. The molecule has 1 heterocycles. The summed E-state index contributed by atoms with van der Waals surface area (Å²) >= 11 is 0. The van der Waals surface area contributed by atoms with Crippen molar-refractivity contribution in [1.82, 2.24) is 4.72 Å². The van der Waals surface area contributed by atoms with Gasteiger partial charge in [-0.1, -0.05) is 24.3 Å². The summed E-state index contributed by atoms with van der Waals surface area (Å²) in [7, 11) is -3.31. The molecule has 1 aromatic carbocycles. The molecule has 1 fully saturated rings. The Hall–Kier alpha value is -0.660. The van der Waals surface area contributed by atoms with Gasteiger partial charge in [-0.25, -0.2) is 13.1 Å². The predicted molar refractivity (Wildman–Crippen MR) is 90.5 cm³/mol. The average Bonchev–Trinajstić information content (AvgIpc) is 2.46. The molecule has 0 spiro atoms. The van der Waals surface area contributed by atoms with E-state index >= 15 is 0 Å². The smallest absolute Gasteiger partial charge is 0.214 e. The van der Waals surface area contributed by atoms with Crippen LogP contribution in [0.1, 0.15) is 43.4 Å². The Morgan fingerprint density at radius 2 is 2.00 bits per heavy atom. The summed E-state index contributed by atoms with van der Waals surface area (Å²) in [6, 6.07) is 7.65. The van der Waals surface area contributed by atoms with E-state index in [4.69, 9.17) is 10.5 Å². The van der Waals surface area contributed by atoms with E-state index in [0.717, 1.165) is 30.4 Å². The first kappa shape index (κ1) is 19.4. The monoisotopic (exact) mass is 348 g/mol. The van der Waals surface area contributed by atoms with Crippen molar-refractivity contribution in [3.63, 3.8) is 0 Å². The van der Waals surface area contributed by atoms with Crippen LogP contribution in [-0.2, 0) is 21.3 Å². The van der Waals surface area contributed by atoms with Crippen LogP contribution in [0.5, 0.6) is 0 Å². The van der Waals surface area contributed by atoms with Gasteiger partial charge in [-0.05, 0) is 37.3 Å². The highest BCUT2D eigenvalue weighted by Gasteiger charge is 2.21. The molecule has 3 N–H and O–H groups in total. The molecule has 2 rings (SSSR count). The summed E-state index contributed by atoms with van der Waals surface area (Å²) in [5.74, 6) is 0.0465. The molecule has 0 amide bonds. The fourth-order valence-corrected chi connectivity index (χ4v) is 3.63. The van der Waals surface area contributed by atoms with Crippen molar-refractivity contribution < 1.29 is 13.2 Å². The number of ether oxygens (including phenoxy) is 1. The number of hydrogen-bond donors (Lipinski definition) is 2. The van der Waals surface area contributed by atoms with E-state index < -0.39 is 10.0 Å². The molecule has 0 bridgehead atoms. The molecule has 22 heavy (non-hydrogen) atoms. The molecule has 5 nitrogen and oxygen atoms in total. The van der Waals surface area contributed by atoms with Crippen LogP contribution in [0.15, 0.2) is 24.3 Å². The minimum Gasteiger partial charge on any atom is -0.377 e. The lowest BCUT2D eigenvalue weighted by Gasteiger charge is -2.22. The molecular formula is C15H25ClN2O3S. The molecule has 1 aromatic rings. The Labute approximate surface area is 139 Å². The Bertz CT molecular complexity index is 540. The van der Waals surface area contributed by atoms with E-state index in [-0.39, 0.29) is 30.3 Å². The van der Waals surface area contributed by atoms with Gasteiger partial charge in [0.25, 0.3) is 0 Å². The molecule has 0 aliphatic carbocycles. The fourth-order valence-electron chi connectivity index (χ4n) is 2.37.